The fourth-order valence-corrected chi connectivity index (χ4v) is 2.01. The van der Waals surface area contributed by atoms with Crippen molar-refractivity contribution in [2.45, 2.75) is 20.0 Å². The SMILES string of the molecule is Cc1nnc(CNCc2ccccc2-n2cccn2)o1. The van der Waals surface area contributed by atoms with Crippen LogP contribution < -0.4 is 5.32 Å². The standard InChI is InChI=1S/C14H15N5O/c1-11-17-18-14(20-11)10-15-9-12-5-2-3-6-13(12)19-8-4-7-16-19/h2-8,15H,9-10H2,1H3. The molecule has 0 saturated carbocycles. The van der Waals surface area contributed by atoms with Gasteiger partial charge >= 0.3 is 0 Å². The number of nitrogens with zero attached hydrogens (tertiary/aromatic N) is 4. The summed E-state index contributed by atoms with van der Waals surface area (Å²) < 4.78 is 7.18. The van der Waals surface area contributed by atoms with Crippen LogP contribution >= 0.6 is 0 Å². The van der Waals surface area contributed by atoms with Gasteiger partial charge in [-0.05, 0) is 17.7 Å². The average Bonchev–Trinajstić information content (AvgIpc) is 3.11. The zero-order chi connectivity index (χ0) is 13.8. The third-order valence-electron chi connectivity index (χ3n) is 2.90. The largest absolute Gasteiger partial charge is 0.424 e. The van der Waals surface area contributed by atoms with Gasteiger partial charge < -0.3 is 9.73 Å². The van der Waals surface area contributed by atoms with Gasteiger partial charge in [0, 0.05) is 25.9 Å². The summed E-state index contributed by atoms with van der Waals surface area (Å²) in [6, 6.07) is 10.0. The first-order valence-electron chi connectivity index (χ1n) is 6.40. The van der Waals surface area contributed by atoms with Gasteiger partial charge in [0.05, 0.1) is 12.2 Å². The van der Waals surface area contributed by atoms with Crippen LogP contribution in [0.15, 0.2) is 47.1 Å². The number of para-hydroxylation sites is 1. The molecular weight excluding hydrogens is 254 g/mol. The molecule has 0 amide bonds. The number of benzene rings is 1. The number of hydrogen-bond donors (Lipinski definition) is 1. The number of hydrogen-bond acceptors (Lipinski definition) is 5. The Bertz CT molecular complexity index is 674. The van der Waals surface area contributed by atoms with E-state index in [0.717, 1.165) is 11.3 Å². The summed E-state index contributed by atoms with van der Waals surface area (Å²) in [6.45, 7) is 3.04. The van der Waals surface area contributed by atoms with Crippen molar-refractivity contribution in [1.82, 2.24) is 25.3 Å². The van der Waals surface area contributed by atoms with Crippen LogP contribution in [-0.4, -0.2) is 20.0 Å². The molecule has 0 aliphatic carbocycles. The first-order valence-corrected chi connectivity index (χ1v) is 6.40. The lowest BCUT2D eigenvalue weighted by Gasteiger charge is -2.09. The summed E-state index contributed by atoms with van der Waals surface area (Å²) in [6.07, 6.45) is 3.70. The maximum absolute atomic E-state index is 5.32. The summed E-state index contributed by atoms with van der Waals surface area (Å²) >= 11 is 0. The third kappa shape index (κ3) is 2.75. The molecule has 6 nitrogen and oxygen atoms in total. The molecular formula is C14H15N5O. The van der Waals surface area contributed by atoms with Crippen molar-refractivity contribution in [3.8, 4) is 5.69 Å². The van der Waals surface area contributed by atoms with Crippen molar-refractivity contribution in [3.05, 3.63) is 60.1 Å². The van der Waals surface area contributed by atoms with Crippen LogP contribution in [0, 0.1) is 6.92 Å². The summed E-state index contributed by atoms with van der Waals surface area (Å²) in [5, 5.41) is 15.3. The lowest BCUT2D eigenvalue weighted by Crippen LogP contribution is -2.15. The Balaban J connectivity index is 1.68. The van der Waals surface area contributed by atoms with E-state index >= 15 is 0 Å². The lowest BCUT2D eigenvalue weighted by molar-refractivity contribution is 0.446. The number of rotatable bonds is 5. The van der Waals surface area contributed by atoms with Crippen molar-refractivity contribution in [3.63, 3.8) is 0 Å². The van der Waals surface area contributed by atoms with Crippen LogP contribution in [-0.2, 0) is 13.1 Å². The molecule has 0 unspecified atom stereocenters. The van der Waals surface area contributed by atoms with E-state index in [1.54, 1.807) is 13.1 Å². The third-order valence-corrected chi connectivity index (χ3v) is 2.90. The smallest absolute Gasteiger partial charge is 0.230 e. The van der Waals surface area contributed by atoms with E-state index < -0.39 is 0 Å². The van der Waals surface area contributed by atoms with E-state index in [1.165, 1.54) is 0 Å². The second-order valence-electron chi connectivity index (χ2n) is 4.40. The highest BCUT2D eigenvalue weighted by atomic mass is 16.4. The molecule has 6 heteroatoms. The second-order valence-corrected chi connectivity index (χ2v) is 4.40. The van der Waals surface area contributed by atoms with E-state index in [2.05, 4.69) is 26.7 Å². The van der Waals surface area contributed by atoms with Crippen molar-refractivity contribution in [1.29, 1.82) is 0 Å². The summed E-state index contributed by atoms with van der Waals surface area (Å²) in [5.74, 6) is 1.18. The fraction of sp³-hybridized carbons (Fsp3) is 0.214. The molecule has 0 bridgehead atoms. The Morgan fingerprint density at radius 2 is 2.05 bits per heavy atom. The minimum atomic E-state index is 0.550. The Morgan fingerprint density at radius 3 is 2.80 bits per heavy atom. The van der Waals surface area contributed by atoms with Gasteiger partial charge in [0.2, 0.25) is 11.8 Å². The number of aryl methyl sites for hydroxylation is 1. The van der Waals surface area contributed by atoms with Crippen LogP contribution in [0.1, 0.15) is 17.3 Å². The Kier molecular flexibility index (Phi) is 3.56. The Labute approximate surface area is 116 Å². The maximum Gasteiger partial charge on any atom is 0.230 e. The molecule has 0 aliphatic heterocycles. The van der Waals surface area contributed by atoms with E-state index in [4.69, 9.17) is 4.42 Å². The molecule has 0 radical (unpaired) electrons. The predicted molar refractivity (Wildman–Crippen MR) is 73.1 cm³/mol. The van der Waals surface area contributed by atoms with E-state index in [0.29, 0.717) is 24.9 Å². The van der Waals surface area contributed by atoms with Crippen molar-refractivity contribution >= 4 is 0 Å². The first-order chi connectivity index (χ1) is 9.83. The van der Waals surface area contributed by atoms with Crippen molar-refractivity contribution in [2.75, 3.05) is 0 Å². The molecule has 0 aliphatic rings. The molecule has 0 spiro atoms. The van der Waals surface area contributed by atoms with Crippen LogP contribution in [0.5, 0.6) is 0 Å². The molecule has 2 heterocycles. The molecule has 102 valence electrons. The average molecular weight is 269 g/mol. The van der Waals surface area contributed by atoms with Gasteiger partial charge in [-0.2, -0.15) is 5.10 Å². The Morgan fingerprint density at radius 1 is 1.15 bits per heavy atom. The second kappa shape index (κ2) is 5.66. The van der Waals surface area contributed by atoms with Crippen molar-refractivity contribution < 1.29 is 4.42 Å². The molecule has 20 heavy (non-hydrogen) atoms. The molecule has 2 aromatic heterocycles. The summed E-state index contributed by atoms with van der Waals surface area (Å²) in [5.41, 5.74) is 2.22. The van der Waals surface area contributed by atoms with Gasteiger partial charge in [-0.25, -0.2) is 4.68 Å². The van der Waals surface area contributed by atoms with E-state index in [-0.39, 0.29) is 0 Å². The predicted octanol–water partition coefficient (Wildman–Crippen LogP) is 1.85. The van der Waals surface area contributed by atoms with E-state index in [9.17, 15) is 0 Å². The fourth-order valence-electron chi connectivity index (χ4n) is 2.01. The molecule has 1 aromatic carbocycles. The molecule has 0 atom stereocenters. The van der Waals surface area contributed by atoms with Crippen LogP contribution in [0.4, 0.5) is 0 Å². The van der Waals surface area contributed by atoms with Crippen LogP contribution in [0.3, 0.4) is 0 Å². The molecule has 3 rings (SSSR count). The maximum atomic E-state index is 5.32. The lowest BCUT2D eigenvalue weighted by atomic mass is 10.2. The quantitative estimate of drug-likeness (QED) is 0.765. The van der Waals surface area contributed by atoms with Gasteiger partial charge in [0.25, 0.3) is 0 Å². The molecule has 1 N–H and O–H groups in total. The first kappa shape index (κ1) is 12.6. The summed E-state index contributed by atoms with van der Waals surface area (Å²) in [7, 11) is 0. The summed E-state index contributed by atoms with van der Waals surface area (Å²) in [4.78, 5) is 0. The van der Waals surface area contributed by atoms with Gasteiger partial charge in [0.15, 0.2) is 0 Å². The molecule has 0 fully saturated rings. The van der Waals surface area contributed by atoms with Crippen molar-refractivity contribution in [2.24, 2.45) is 0 Å². The Hall–Kier alpha value is -2.47. The normalized spacial score (nSPS) is 10.8. The minimum absolute atomic E-state index is 0.550. The molecule has 3 aromatic rings. The topological polar surface area (TPSA) is 68.8 Å². The van der Waals surface area contributed by atoms with E-state index in [1.807, 2.05) is 35.1 Å². The van der Waals surface area contributed by atoms with Gasteiger partial charge in [-0.15, -0.1) is 10.2 Å². The highest BCUT2D eigenvalue weighted by Crippen LogP contribution is 2.13. The van der Waals surface area contributed by atoms with Gasteiger partial charge in [-0.3, -0.25) is 0 Å². The minimum Gasteiger partial charge on any atom is -0.424 e. The van der Waals surface area contributed by atoms with Gasteiger partial charge in [-0.1, -0.05) is 18.2 Å². The number of nitrogens with one attached hydrogen (secondary N) is 1. The zero-order valence-electron chi connectivity index (χ0n) is 11.2. The van der Waals surface area contributed by atoms with Gasteiger partial charge in [0.1, 0.15) is 0 Å². The number of aromatic nitrogens is 4. The zero-order valence-corrected chi connectivity index (χ0v) is 11.2. The highest BCUT2D eigenvalue weighted by Gasteiger charge is 2.05. The van der Waals surface area contributed by atoms with Crippen LogP contribution in [0.2, 0.25) is 0 Å². The highest BCUT2D eigenvalue weighted by molar-refractivity contribution is 5.40. The monoisotopic (exact) mass is 269 g/mol. The molecule has 0 saturated heterocycles. The van der Waals surface area contributed by atoms with Crippen LogP contribution in [0.25, 0.3) is 5.69 Å².